The minimum atomic E-state index is -1.52. The van der Waals surface area contributed by atoms with Gasteiger partial charge in [-0.05, 0) is 30.3 Å². The van der Waals surface area contributed by atoms with Gasteiger partial charge in [-0.1, -0.05) is 0 Å². The van der Waals surface area contributed by atoms with Crippen molar-refractivity contribution >= 4 is 11.7 Å². The minimum Gasteiger partial charge on any atom is -0.548 e. The average molecular weight is 329 g/mol. The summed E-state index contributed by atoms with van der Waals surface area (Å²) in [5, 5.41) is 22.9. The topological polar surface area (TPSA) is 94.4 Å². The van der Waals surface area contributed by atoms with E-state index in [0.717, 1.165) is 0 Å². The summed E-state index contributed by atoms with van der Waals surface area (Å²) >= 11 is 0. The second-order valence-corrected chi connectivity index (χ2v) is 4.82. The summed E-state index contributed by atoms with van der Waals surface area (Å²) in [5.41, 5.74) is 0.625. The number of carboxylic acids is 1. The summed E-state index contributed by atoms with van der Waals surface area (Å²) in [4.78, 5) is 11.5. The van der Waals surface area contributed by atoms with Crippen LogP contribution in [0.1, 0.15) is 17.2 Å². The number of benzene rings is 2. The lowest BCUT2D eigenvalue weighted by Crippen LogP contribution is -2.35. The van der Waals surface area contributed by atoms with Crippen molar-refractivity contribution < 1.29 is 23.8 Å². The van der Waals surface area contributed by atoms with Crippen LogP contribution in [0.2, 0.25) is 0 Å². The van der Waals surface area contributed by atoms with Gasteiger partial charge in [-0.2, -0.15) is 5.26 Å². The predicted octanol–water partition coefficient (Wildman–Crippen LogP) is 1.62. The fourth-order valence-corrected chi connectivity index (χ4v) is 2.14. The lowest BCUT2D eigenvalue weighted by Gasteiger charge is -2.23. The zero-order chi connectivity index (χ0) is 17.7. The third-order valence-corrected chi connectivity index (χ3v) is 3.37. The highest BCUT2D eigenvalue weighted by Gasteiger charge is 2.21. The van der Waals surface area contributed by atoms with Crippen LogP contribution in [0.3, 0.4) is 0 Å². The fourth-order valence-electron chi connectivity index (χ4n) is 2.14. The van der Waals surface area contributed by atoms with Gasteiger partial charge in [-0.25, -0.2) is 4.39 Å². The fraction of sp³-hybridized carbons (Fsp3) is 0.176. The molecule has 124 valence electrons. The first kappa shape index (κ1) is 17.1. The molecule has 0 spiro atoms. The number of nitrogens with zero attached hydrogens (tertiary/aromatic N) is 1. The van der Waals surface area contributed by atoms with Crippen molar-refractivity contribution in [3.63, 3.8) is 0 Å². The highest BCUT2D eigenvalue weighted by Crippen LogP contribution is 2.32. The molecule has 0 radical (unpaired) electrons. The molecule has 7 heteroatoms. The van der Waals surface area contributed by atoms with Crippen molar-refractivity contribution in [2.24, 2.45) is 0 Å². The van der Waals surface area contributed by atoms with Gasteiger partial charge < -0.3 is 24.7 Å². The van der Waals surface area contributed by atoms with E-state index in [4.69, 9.17) is 14.7 Å². The Balaban J connectivity index is 2.43. The highest BCUT2D eigenvalue weighted by molar-refractivity contribution is 5.78. The molecule has 1 atom stereocenters. The van der Waals surface area contributed by atoms with E-state index in [0.29, 0.717) is 11.3 Å². The molecule has 0 aromatic heterocycles. The second-order valence-electron chi connectivity index (χ2n) is 4.82. The van der Waals surface area contributed by atoms with Crippen LogP contribution in [0, 0.1) is 17.1 Å². The number of carboxylic acid groups (broad SMARTS) is 1. The molecule has 2 rings (SSSR count). The molecule has 2 aromatic rings. The maximum atomic E-state index is 14.5. The maximum absolute atomic E-state index is 14.5. The van der Waals surface area contributed by atoms with Crippen LogP contribution in [-0.2, 0) is 4.79 Å². The van der Waals surface area contributed by atoms with Gasteiger partial charge in [-0.15, -0.1) is 0 Å². The normalized spacial score (nSPS) is 11.2. The number of rotatable bonds is 6. The number of aliphatic carboxylic acids is 1. The lowest BCUT2D eigenvalue weighted by molar-refractivity contribution is -0.307. The molecular formula is C17H14FN2O4-. The van der Waals surface area contributed by atoms with Crippen LogP contribution in [0.5, 0.6) is 11.5 Å². The number of carbonyl (C=O) groups is 1. The molecule has 24 heavy (non-hydrogen) atoms. The van der Waals surface area contributed by atoms with Crippen molar-refractivity contribution in [2.75, 3.05) is 19.5 Å². The van der Waals surface area contributed by atoms with E-state index in [-0.39, 0.29) is 17.1 Å². The Morgan fingerprint density at radius 2 is 1.92 bits per heavy atom. The lowest BCUT2D eigenvalue weighted by atomic mass is 10.0. The minimum absolute atomic E-state index is 0.141. The number of carbonyl (C=O) groups excluding carboxylic acids is 1. The molecule has 2 aromatic carbocycles. The molecule has 0 aliphatic rings. The second kappa shape index (κ2) is 7.33. The summed E-state index contributed by atoms with van der Waals surface area (Å²) in [6, 6.07) is 9.11. The van der Waals surface area contributed by atoms with E-state index < -0.39 is 17.8 Å². The summed E-state index contributed by atoms with van der Waals surface area (Å²) in [5.74, 6) is -2.24. The Kier molecular flexibility index (Phi) is 5.22. The van der Waals surface area contributed by atoms with E-state index >= 15 is 0 Å². The smallest absolute Gasteiger partial charge is 0.170 e. The first-order valence-corrected chi connectivity index (χ1v) is 6.89. The average Bonchev–Trinajstić information content (AvgIpc) is 2.60. The van der Waals surface area contributed by atoms with Gasteiger partial charge in [0.1, 0.15) is 5.75 Å². The Morgan fingerprint density at radius 3 is 2.42 bits per heavy atom. The third-order valence-electron chi connectivity index (χ3n) is 3.37. The number of hydrogen-bond donors (Lipinski definition) is 1. The summed E-state index contributed by atoms with van der Waals surface area (Å²) in [6.07, 6.45) is 0. The first-order chi connectivity index (χ1) is 11.5. The van der Waals surface area contributed by atoms with Gasteiger partial charge in [-0.3, -0.25) is 0 Å². The van der Waals surface area contributed by atoms with E-state index in [2.05, 4.69) is 5.32 Å². The van der Waals surface area contributed by atoms with Crippen LogP contribution in [0.4, 0.5) is 10.1 Å². The molecule has 1 N–H and O–H groups in total. The molecular weight excluding hydrogens is 315 g/mol. The van der Waals surface area contributed by atoms with Gasteiger partial charge in [0.2, 0.25) is 0 Å². The zero-order valence-electron chi connectivity index (χ0n) is 13.0. The van der Waals surface area contributed by atoms with E-state index in [1.807, 2.05) is 6.07 Å². The van der Waals surface area contributed by atoms with Crippen LogP contribution >= 0.6 is 0 Å². The maximum Gasteiger partial charge on any atom is 0.170 e. The Morgan fingerprint density at radius 1 is 1.25 bits per heavy atom. The molecule has 1 unspecified atom stereocenters. The predicted molar refractivity (Wildman–Crippen MR) is 82.0 cm³/mol. The van der Waals surface area contributed by atoms with Crippen LogP contribution in [0.15, 0.2) is 36.4 Å². The Labute approximate surface area is 138 Å². The van der Waals surface area contributed by atoms with Crippen molar-refractivity contribution in [1.29, 1.82) is 5.26 Å². The SMILES string of the molecule is COc1cc(OC)c(F)c(C(Nc2ccc(C#N)cc2)C(=O)[O-])c1. The molecule has 6 nitrogen and oxygen atoms in total. The number of methoxy groups -OCH3 is 2. The molecule has 0 saturated heterocycles. The number of nitriles is 1. The van der Waals surface area contributed by atoms with Crippen LogP contribution < -0.4 is 19.9 Å². The quantitative estimate of drug-likeness (QED) is 0.865. The molecule has 0 saturated carbocycles. The molecule has 0 amide bonds. The van der Waals surface area contributed by atoms with Gasteiger partial charge in [0, 0.05) is 17.3 Å². The molecule has 0 bridgehead atoms. The molecule has 0 aliphatic carbocycles. The van der Waals surface area contributed by atoms with Gasteiger partial charge >= 0.3 is 0 Å². The van der Waals surface area contributed by atoms with Crippen LogP contribution in [-0.4, -0.2) is 20.2 Å². The number of ether oxygens (including phenoxy) is 2. The third kappa shape index (κ3) is 3.55. The van der Waals surface area contributed by atoms with Gasteiger partial charge in [0.25, 0.3) is 0 Å². The number of anilines is 1. The number of hydrogen-bond acceptors (Lipinski definition) is 6. The Bertz CT molecular complexity index is 784. The van der Waals surface area contributed by atoms with E-state index in [9.17, 15) is 14.3 Å². The summed E-state index contributed by atoms with van der Waals surface area (Å²) in [7, 11) is 2.64. The monoisotopic (exact) mass is 329 g/mol. The summed E-state index contributed by atoms with van der Waals surface area (Å²) < 4.78 is 24.4. The highest BCUT2D eigenvalue weighted by atomic mass is 19.1. The van der Waals surface area contributed by atoms with Crippen molar-refractivity contribution in [3.05, 3.63) is 53.3 Å². The number of nitrogens with one attached hydrogen (secondary N) is 1. The van der Waals surface area contributed by atoms with Gasteiger partial charge in [0.05, 0.1) is 37.9 Å². The van der Waals surface area contributed by atoms with Crippen molar-refractivity contribution in [2.45, 2.75) is 6.04 Å². The molecule has 0 heterocycles. The largest absolute Gasteiger partial charge is 0.548 e. The van der Waals surface area contributed by atoms with Crippen molar-refractivity contribution in [3.8, 4) is 17.6 Å². The van der Waals surface area contributed by atoms with E-state index in [1.54, 1.807) is 0 Å². The number of halogens is 1. The first-order valence-electron chi connectivity index (χ1n) is 6.89. The molecule has 0 fully saturated rings. The van der Waals surface area contributed by atoms with Crippen molar-refractivity contribution in [1.82, 2.24) is 0 Å². The van der Waals surface area contributed by atoms with Gasteiger partial charge in [0.15, 0.2) is 11.6 Å². The Hall–Kier alpha value is -3.27. The van der Waals surface area contributed by atoms with Crippen LogP contribution in [0.25, 0.3) is 0 Å². The zero-order valence-corrected chi connectivity index (χ0v) is 13.0. The standard InChI is InChI=1S/C17H15FN2O4/c1-23-12-7-13(15(18)14(8-12)24-2)16(17(21)22)20-11-5-3-10(9-19)4-6-11/h3-8,16,20H,1-2H3,(H,21,22)/p-1. The van der Waals surface area contributed by atoms with E-state index in [1.165, 1.54) is 50.6 Å². The molecule has 0 aliphatic heterocycles. The summed E-state index contributed by atoms with van der Waals surface area (Å²) in [6.45, 7) is 0.